The molecule has 6 nitrogen and oxygen atoms in total. The van der Waals surface area contributed by atoms with Crippen molar-refractivity contribution in [3.63, 3.8) is 0 Å². The van der Waals surface area contributed by atoms with Crippen molar-refractivity contribution in [3.8, 4) is 0 Å². The Labute approximate surface area is 127 Å². The summed E-state index contributed by atoms with van der Waals surface area (Å²) in [5.41, 5.74) is -0.0384. The number of piperazine rings is 1. The molecule has 21 heavy (non-hydrogen) atoms. The Hall–Kier alpha value is -0.890. The van der Waals surface area contributed by atoms with Gasteiger partial charge < -0.3 is 14.6 Å². The zero-order chi connectivity index (χ0) is 15.7. The number of likely N-dealkylation sites (N-methyl/N-ethyl adjacent to an activating group) is 1. The monoisotopic (exact) mass is 315 g/mol. The van der Waals surface area contributed by atoms with Gasteiger partial charge in [-0.05, 0) is 40.0 Å². The summed E-state index contributed by atoms with van der Waals surface area (Å²) >= 11 is 0. The topological polar surface area (TPSA) is 65.8 Å². The van der Waals surface area contributed by atoms with Crippen molar-refractivity contribution < 1.29 is 12.8 Å². The Kier molecular flexibility index (Phi) is 4.77. The van der Waals surface area contributed by atoms with Crippen LogP contribution in [0, 0.1) is 0 Å². The zero-order valence-corrected chi connectivity index (χ0v) is 14.0. The molecule has 7 heteroatoms. The maximum Gasteiger partial charge on any atom is 0.276 e. The highest BCUT2D eigenvalue weighted by molar-refractivity contribution is 7.89. The molecule has 0 aromatic carbocycles. The lowest BCUT2D eigenvalue weighted by Gasteiger charge is -2.30. The van der Waals surface area contributed by atoms with Gasteiger partial charge in [0, 0.05) is 31.7 Å². The van der Waals surface area contributed by atoms with E-state index >= 15 is 0 Å². The molecule has 0 saturated carbocycles. The molecule has 1 aliphatic heterocycles. The molecule has 1 saturated heterocycles. The van der Waals surface area contributed by atoms with Crippen LogP contribution < -0.4 is 5.32 Å². The van der Waals surface area contributed by atoms with Crippen LogP contribution in [-0.2, 0) is 16.6 Å². The van der Waals surface area contributed by atoms with E-state index in [9.17, 15) is 8.42 Å². The maximum absolute atomic E-state index is 12.5. The third kappa shape index (κ3) is 4.29. The fourth-order valence-electron chi connectivity index (χ4n) is 2.10. The number of hydrogen-bond acceptors (Lipinski definition) is 5. The van der Waals surface area contributed by atoms with Crippen LogP contribution in [0.3, 0.4) is 0 Å². The van der Waals surface area contributed by atoms with E-state index in [0.717, 1.165) is 13.1 Å². The van der Waals surface area contributed by atoms with Gasteiger partial charge in [0.15, 0.2) is 0 Å². The number of furan rings is 1. The first-order chi connectivity index (χ1) is 9.68. The minimum atomic E-state index is -3.51. The fourth-order valence-corrected chi connectivity index (χ4v) is 3.45. The largest absolute Gasteiger partial charge is 0.447 e. The van der Waals surface area contributed by atoms with Crippen LogP contribution in [0.15, 0.2) is 21.6 Å². The van der Waals surface area contributed by atoms with Gasteiger partial charge in [-0.3, -0.25) is 0 Å². The van der Waals surface area contributed by atoms with E-state index in [1.165, 1.54) is 4.31 Å². The van der Waals surface area contributed by atoms with Gasteiger partial charge in [-0.15, -0.1) is 0 Å². The first-order valence-electron chi connectivity index (χ1n) is 7.21. The molecule has 0 atom stereocenters. The van der Waals surface area contributed by atoms with Gasteiger partial charge in [-0.2, -0.15) is 4.31 Å². The lowest BCUT2D eigenvalue weighted by molar-refractivity contribution is 0.219. The summed E-state index contributed by atoms with van der Waals surface area (Å²) in [6.45, 7) is 9.19. The molecule has 0 unspecified atom stereocenters. The molecule has 1 aromatic rings. The minimum Gasteiger partial charge on any atom is -0.447 e. The van der Waals surface area contributed by atoms with Crippen molar-refractivity contribution in [2.24, 2.45) is 0 Å². The summed E-state index contributed by atoms with van der Waals surface area (Å²) in [5, 5.41) is 3.32. The summed E-state index contributed by atoms with van der Waals surface area (Å²) in [6.07, 6.45) is 0. The molecule has 0 amide bonds. The molecule has 0 aliphatic carbocycles. The van der Waals surface area contributed by atoms with E-state index in [0.29, 0.717) is 25.4 Å². The first-order valence-corrected chi connectivity index (χ1v) is 8.65. The number of nitrogens with zero attached hydrogens (tertiary/aromatic N) is 2. The molecule has 0 radical (unpaired) electrons. The summed E-state index contributed by atoms with van der Waals surface area (Å²) in [4.78, 5) is 2.12. The maximum atomic E-state index is 12.5. The van der Waals surface area contributed by atoms with Crippen molar-refractivity contribution in [2.75, 3.05) is 33.2 Å². The molecule has 1 aromatic heterocycles. The third-order valence-electron chi connectivity index (χ3n) is 3.49. The van der Waals surface area contributed by atoms with Gasteiger partial charge in [0.25, 0.3) is 10.0 Å². The van der Waals surface area contributed by atoms with Crippen molar-refractivity contribution in [2.45, 2.75) is 37.9 Å². The highest BCUT2D eigenvalue weighted by atomic mass is 32.2. The van der Waals surface area contributed by atoms with E-state index in [-0.39, 0.29) is 10.6 Å². The van der Waals surface area contributed by atoms with Crippen LogP contribution in [0.2, 0.25) is 0 Å². The minimum absolute atomic E-state index is 0.0384. The molecular weight excluding hydrogens is 290 g/mol. The predicted molar refractivity (Wildman–Crippen MR) is 81.6 cm³/mol. The van der Waals surface area contributed by atoms with Crippen molar-refractivity contribution in [1.82, 2.24) is 14.5 Å². The van der Waals surface area contributed by atoms with Gasteiger partial charge in [-0.1, -0.05) is 0 Å². The van der Waals surface area contributed by atoms with Crippen LogP contribution in [-0.4, -0.2) is 56.4 Å². The average molecular weight is 315 g/mol. The molecule has 2 heterocycles. The van der Waals surface area contributed by atoms with E-state index in [1.807, 2.05) is 7.05 Å². The molecule has 120 valence electrons. The highest BCUT2D eigenvalue weighted by Crippen LogP contribution is 2.20. The van der Waals surface area contributed by atoms with Crippen molar-refractivity contribution >= 4 is 10.0 Å². The Morgan fingerprint density at radius 2 is 1.81 bits per heavy atom. The Balaban J connectivity index is 2.06. The standard InChI is InChI=1S/C14H25N3O3S/c1-14(2,3)15-11-12-5-6-13(20-12)21(18,19)17-9-7-16(4)8-10-17/h5-6,15H,7-11H2,1-4H3. The van der Waals surface area contributed by atoms with Crippen LogP contribution in [0.25, 0.3) is 0 Å². The fraction of sp³-hybridized carbons (Fsp3) is 0.714. The number of nitrogens with one attached hydrogen (secondary N) is 1. The van der Waals surface area contributed by atoms with Crippen molar-refractivity contribution in [1.29, 1.82) is 0 Å². The van der Waals surface area contributed by atoms with Gasteiger partial charge in [-0.25, -0.2) is 8.42 Å². The smallest absolute Gasteiger partial charge is 0.276 e. The molecule has 1 fully saturated rings. The first kappa shape index (κ1) is 16.5. The molecule has 1 N–H and O–H groups in total. The van der Waals surface area contributed by atoms with Crippen LogP contribution in [0.1, 0.15) is 26.5 Å². The van der Waals surface area contributed by atoms with Crippen LogP contribution in [0.5, 0.6) is 0 Å². The van der Waals surface area contributed by atoms with Crippen LogP contribution in [0.4, 0.5) is 0 Å². The summed E-state index contributed by atoms with van der Waals surface area (Å²) in [6, 6.07) is 3.27. The summed E-state index contributed by atoms with van der Waals surface area (Å²) in [7, 11) is -1.51. The second kappa shape index (κ2) is 6.08. The van der Waals surface area contributed by atoms with E-state index < -0.39 is 10.0 Å². The average Bonchev–Trinajstić information content (AvgIpc) is 2.85. The summed E-state index contributed by atoms with van der Waals surface area (Å²) < 4.78 is 32.0. The van der Waals surface area contributed by atoms with E-state index in [4.69, 9.17) is 4.42 Å². The molecule has 2 rings (SSSR count). The quantitative estimate of drug-likeness (QED) is 0.901. The molecule has 0 spiro atoms. The SMILES string of the molecule is CN1CCN(S(=O)(=O)c2ccc(CNC(C)(C)C)o2)CC1. The lowest BCUT2D eigenvalue weighted by atomic mass is 10.1. The second-order valence-electron chi connectivity index (χ2n) is 6.53. The Bertz CT molecular complexity index is 567. The third-order valence-corrected chi connectivity index (χ3v) is 5.26. The second-order valence-corrected chi connectivity index (χ2v) is 8.40. The van der Waals surface area contributed by atoms with Gasteiger partial charge in [0.05, 0.1) is 6.54 Å². The van der Waals surface area contributed by atoms with Crippen molar-refractivity contribution in [3.05, 3.63) is 17.9 Å². The number of hydrogen-bond donors (Lipinski definition) is 1. The normalized spacial score (nSPS) is 19.0. The van der Waals surface area contributed by atoms with Crippen LogP contribution >= 0.6 is 0 Å². The zero-order valence-electron chi connectivity index (χ0n) is 13.2. The van der Waals surface area contributed by atoms with E-state index in [1.54, 1.807) is 12.1 Å². The highest BCUT2D eigenvalue weighted by Gasteiger charge is 2.30. The molecular formula is C14H25N3O3S. The van der Waals surface area contributed by atoms with Gasteiger partial charge in [0.1, 0.15) is 5.76 Å². The van der Waals surface area contributed by atoms with Gasteiger partial charge in [0.2, 0.25) is 5.09 Å². The van der Waals surface area contributed by atoms with E-state index in [2.05, 4.69) is 31.0 Å². The molecule has 0 bridgehead atoms. The Morgan fingerprint density at radius 1 is 1.19 bits per heavy atom. The van der Waals surface area contributed by atoms with Gasteiger partial charge >= 0.3 is 0 Å². The Morgan fingerprint density at radius 3 is 2.38 bits per heavy atom. The summed E-state index contributed by atoms with van der Waals surface area (Å²) in [5.74, 6) is 0.637. The number of rotatable bonds is 4. The number of sulfonamides is 1. The predicted octanol–water partition coefficient (Wildman–Crippen LogP) is 1.10. The molecule has 1 aliphatic rings. The lowest BCUT2D eigenvalue weighted by Crippen LogP contribution is -2.46.